The van der Waals surface area contributed by atoms with Crippen LogP contribution in [0.1, 0.15) is 27.5 Å². The fraction of sp³-hybridized carbons (Fsp3) is 0.118. The average Bonchev–Trinajstić information content (AvgIpc) is 3.02. The number of amides is 1. The van der Waals surface area contributed by atoms with Gasteiger partial charge in [-0.1, -0.05) is 30.3 Å². The first-order valence-corrected chi connectivity index (χ1v) is 7.37. The van der Waals surface area contributed by atoms with Crippen LogP contribution in [0.5, 0.6) is 0 Å². The Kier molecular flexibility index (Phi) is 3.08. The molecule has 0 saturated carbocycles. The van der Waals surface area contributed by atoms with Crippen molar-refractivity contribution < 1.29 is 4.79 Å². The third kappa shape index (κ3) is 2.34. The molecule has 0 saturated heterocycles. The maximum Gasteiger partial charge on any atom is 0.253 e. The zero-order valence-corrected chi connectivity index (χ0v) is 12.3. The Bertz CT molecular complexity index is 872. The number of nitrogen functional groups attached to an aromatic ring is 1. The van der Waals surface area contributed by atoms with Crippen LogP contribution in [-0.2, 0) is 0 Å². The van der Waals surface area contributed by atoms with E-state index in [1.165, 1.54) is 0 Å². The molecular formula is C17H15N5O. The number of benzene rings is 1. The number of aromatic amines is 1. The molecule has 3 aromatic rings. The number of hydrogen-bond acceptors (Lipinski definition) is 4. The first-order chi connectivity index (χ1) is 11.2. The SMILES string of the molecule is Nc1nccc(-c2cc3c([nH]2)C(c2ccccc2)CNC3=O)n1. The lowest BCUT2D eigenvalue weighted by atomic mass is 9.90. The van der Waals surface area contributed by atoms with Gasteiger partial charge in [-0.25, -0.2) is 9.97 Å². The number of nitrogens with one attached hydrogen (secondary N) is 2. The Morgan fingerprint density at radius 3 is 2.78 bits per heavy atom. The van der Waals surface area contributed by atoms with Gasteiger partial charge in [0, 0.05) is 24.4 Å². The molecule has 0 spiro atoms. The number of carbonyl (C=O) groups excluding carboxylic acids is 1. The van der Waals surface area contributed by atoms with Crippen LogP contribution in [0.15, 0.2) is 48.7 Å². The van der Waals surface area contributed by atoms with E-state index in [-0.39, 0.29) is 17.8 Å². The van der Waals surface area contributed by atoms with Crippen molar-refractivity contribution >= 4 is 11.9 Å². The van der Waals surface area contributed by atoms with Crippen LogP contribution >= 0.6 is 0 Å². The molecule has 0 radical (unpaired) electrons. The van der Waals surface area contributed by atoms with E-state index >= 15 is 0 Å². The van der Waals surface area contributed by atoms with E-state index in [2.05, 4.69) is 32.4 Å². The zero-order valence-electron chi connectivity index (χ0n) is 12.3. The number of H-pyrrole nitrogens is 1. The molecule has 4 N–H and O–H groups in total. The van der Waals surface area contributed by atoms with Crippen LogP contribution in [0, 0.1) is 0 Å². The summed E-state index contributed by atoms with van der Waals surface area (Å²) >= 11 is 0. The van der Waals surface area contributed by atoms with Gasteiger partial charge in [0.25, 0.3) is 5.91 Å². The molecule has 114 valence electrons. The molecule has 1 atom stereocenters. The summed E-state index contributed by atoms with van der Waals surface area (Å²) in [4.78, 5) is 23.6. The van der Waals surface area contributed by atoms with Crippen molar-refractivity contribution in [2.75, 3.05) is 12.3 Å². The second-order valence-corrected chi connectivity index (χ2v) is 5.48. The number of nitrogens with two attached hydrogens (primary N) is 1. The normalized spacial score (nSPS) is 16.7. The number of fused-ring (bicyclic) bond motifs is 1. The third-order valence-corrected chi connectivity index (χ3v) is 4.06. The molecule has 6 nitrogen and oxygen atoms in total. The molecular weight excluding hydrogens is 290 g/mol. The highest BCUT2D eigenvalue weighted by Crippen LogP contribution is 2.32. The van der Waals surface area contributed by atoms with Crippen molar-refractivity contribution in [3.05, 3.63) is 65.5 Å². The van der Waals surface area contributed by atoms with Gasteiger partial charge in [0.1, 0.15) is 0 Å². The molecule has 1 unspecified atom stereocenters. The van der Waals surface area contributed by atoms with Crippen molar-refractivity contribution in [3.8, 4) is 11.4 Å². The van der Waals surface area contributed by atoms with Gasteiger partial charge in [0.2, 0.25) is 5.95 Å². The van der Waals surface area contributed by atoms with E-state index in [1.54, 1.807) is 12.3 Å². The summed E-state index contributed by atoms with van der Waals surface area (Å²) in [7, 11) is 0. The highest BCUT2D eigenvalue weighted by atomic mass is 16.1. The quantitative estimate of drug-likeness (QED) is 0.674. The van der Waals surface area contributed by atoms with E-state index in [1.807, 2.05) is 24.3 Å². The Hall–Kier alpha value is -3.15. The van der Waals surface area contributed by atoms with Crippen molar-refractivity contribution in [2.45, 2.75) is 5.92 Å². The molecule has 4 rings (SSSR count). The fourth-order valence-electron chi connectivity index (χ4n) is 2.96. The first kappa shape index (κ1) is 13.5. The van der Waals surface area contributed by atoms with Crippen LogP contribution in [0.3, 0.4) is 0 Å². The second kappa shape index (κ2) is 5.24. The minimum atomic E-state index is -0.0725. The monoisotopic (exact) mass is 305 g/mol. The molecule has 1 aromatic carbocycles. The topological polar surface area (TPSA) is 96.7 Å². The highest BCUT2D eigenvalue weighted by molar-refractivity contribution is 5.98. The summed E-state index contributed by atoms with van der Waals surface area (Å²) in [6.45, 7) is 0.571. The second-order valence-electron chi connectivity index (χ2n) is 5.48. The first-order valence-electron chi connectivity index (χ1n) is 7.37. The third-order valence-electron chi connectivity index (χ3n) is 4.06. The molecule has 0 fully saturated rings. The van der Waals surface area contributed by atoms with E-state index < -0.39 is 0 Å². The number of carbonyl (C=O) groups is 1. The minimum absolute atomic E-state index is 0.0725. The molecule has 0 bridgehead atoms. The van der Waals surface area contributed by atoms with Gasteiger partial charge in [-0.05, 0) is 17.7 Å². The van der Waals surface area contributed by atoms with E-state index in [9.17, 15) is 4.79 Å². The summed E-state index contributed by atoms with van der Waals surface area (Å²) in [5.74, 6) is 0.229. The number of aromatic nitrogens is 3. The zero-order chi connectivity index (χ0) is 15.8. The highest BCUT2D eigenvalue weighted by Gasteiger charge is 2.29. The standard InChI is InChI=1S/C17H15N5O/c18-17-19-7-6-13(22-17)14-8-11-15(21-14)12(9-20-16(11)23)10-4-2-1-3-5-10/h1-8,12,21H,9H2,(H,20,23)(H2,18,19,22). The number of hydrogen-bond donors (Lipinski definition) is 3. The molecule has 1 amide bonds. The van der Waals surface area contributed by atoms with Crippen LogP contribution in [0.4, 0.5) is 5.95 Å². The summed E-state index contributed by atoms with van der Waals surface area (Å²) in [6.07, 6.45) is 1.60. The summed E-state index contributed by atoms with van der Waals surface area (Å²) < 4.78 is 0. The van der Waals surface area contributed by atoms with E-state index in [0.29, 0.717) is 17.8 Å². The number of rotatable bonds is 2. The van der Waals surface area contributed by atoms with Gasteiger partial charge in [0.15, 0.2) is 0 Å². The molecule has 0 aliphatic carbocycles. The molecule has 2 aromatic heterocycles. The smallest absolute Gasteiger partial charge is 0.253 e. The Morgan fingerprint density at radius 2 is 2.00 bits per heavy atom. The molecule has 3 heterocycles. The van der Waals surface area contributed by atoms with E-state index in [0.717, 1.165) is 17.0 Å². The van der Waals surface area contributed by atoms with E-state index in [4.69, 9.17) is 5.73 Å². The van der Waals surface area contributed by atoms with Crippen LogP contribution in [-0.4, -0.2) is 27.4 Å². The van der Waals surface area contributed by atoms with Gasteiger partial charge in [-0.2, -0.15) is 0 Å². The van der Waals surface area contributed by atoms with Gasteiger partial charge in [0.05, 0.1) is 17.0 Å². The maximum absolute atomic E-state index is 12.2. The largest absolute Gasteiger partial charge is 0.368 e. The minimum Gasteiger partial charge on any atom is -0.368 e. The van der Waals surface area contributed by atoms with Crippen LogP contribution < -0.4 is 11.1 Å². The average molecular weight is 305 g/mol. The molecule has 6 heteroatoms. The van der Waals surface area contributed by atoms with Crippen molar-refractivity contribution in [1.29, 1.82) is 0 Å². The molecule has 23 heavy (non-hydrogen) atoms. The van der Waals surface area contributed by atoms with Crippen LogP contribution in [0.2, 0.25) is 0 Å². The Labute approximate surface area is 132 Å². The number of nitrogens with zero attached hydrogens (tertiary/aromatic N) is 2. The molecule has 1 aliphatic rings. The lowest BCUT2D eigenvalue weighted by molar-refractivity contribution is 0.0942. The Balaban J connectivity index is 1.82. The Morgan fingerprint density at radius 1 is 1.17 bits per heavy atom. The van der Waals surface area contributed by atoms with Gasteiger partial charge in [-0.3, -0.25) is 4.79 Å². The van der Waals surface area contributed by atoms with Gasteiger partial charge in [-0.15, -0.1) is 0 Å². The lowest BCUT2D eigenvalue weighted by Gasteiger charge is -2.23. The van der Waals surface area contributed by atoms with Gasteiger partial charge < -0.3 is 16.0 Å². The number of anilines is 1. The van der Waals surface area contributed by atoms with Crippen molar-refractivity contribution in [1.82, 2.24) is 20.3 Å². The summed E-state index contributed by atoms with van der Waals surface area (Å²) in [5, 5.41) is 2.95. The van der Waals surface area contributed by atoms with Gasteiger partial charge >= 0.3 is 0 Å². The fourth-order valence-corrected chi connectivity index (χ4v) is 2.96. The summed E-state index contributed by atoms with van der Waals surface area (Å²) in [5.41, 5.74) is 9.80. The van der Waals surface area contributed by atoms with Crippen molar-refractivity contribution in [3.63, 3.8) is 0 Å². The predicted molar refractivity (Wildman–Crippen MR) is 86.8 cm³/mol. The van der Waals surface area contributed by atoms with Crippen molar-refractivity contribution in [2.24, 2.45) is 0 Å². The summed E-state index contributed by atoms with van der Waals surface area (Å²) in [6, 6.07) is 13.7. The lowest BCUT2D eigenvalue weighted by Crippen LogP contribution is -2.35. The van der Waals surface area contributed by atoms with Crippen LogP contribution in [0.25, 0.3) is 11.4 Å². The molecule has 1 aliphatic heterocycles. The maximum atomic E-state index is 12.2. The predicted octanol–water partition coefficient (Wildman–Crippen LogP) is 1.93.